The number of piperazine rings is 1. The highest BCUT2D eigenvalue weighted by molar-refractivity contribution is 7.89. The number of nitrogens with one attached hydrogen (secondary N) is 1. The summed E-state index contributed by atoms with van der Waals surface area (Å²) in [6.45, 7) is 0.867. The summed E-state index contributed by atoms with van der Waals surface area (Å²) in [5.74, 6) is -0.757. The molecule has 0 aliphatic carbocycles. The van der Waals surface area contributed by atoms with Crippen molar-refractivity contribution in [3.63, 3.8) is 0 Å². The molecule has 3 N–H and O–H groups in total. The highest BCUT2D eigenvalue weighted by Crippen LogP contribution is 2.28. The number of carbonyl (C=O) groups excluding carboxylic acids is 2. The van der Waals surface area contributed by atoms with E-state index in [4.69, 9.17) is 33.7 Å². The van der Waals surface area contributed by atoms with Gasteiger partial charge in [0.2, 0.25) is 15.9 Å². The molecule has 9 nitrogen and oxygen atoms in total. The van der Waals surface area contributed by atoms with Gasteiger partial charge in [0.05, 0.1) is 14.9 Å². The van der Waals surface area contributed by atoms with E-state index < -0.39 is 28.1 Å². The van der Waals surface area contributed by atoms with E-state index in [0.29, 0.717) is 13.0 Å². The van der Waals surface area contributed by atoms with Crippen molar-refractivity contribution in [2.24, 2.45) is 5.73 Å². The zero-order valence-electron chi connectivity index (χ0n) is 16.2. The molecule has 1 aromatic rings. The van der Waals surface area contributed by atoms with E-state index in [9.17, 15) is 18.0 Å². The number of ether oxygens (including phenoxy) is 1. The Balaban J connectivity index is 1.84. The molecule has 0 radical (unpaired) electrons. The monoisotopic (exact) mass is 478 g/mol. The van der Waals surface area contributed by atoms with E-state index >= 15 is 0 Å². The maximum atomic E-state index is 13.1. The summed E-state index contributed by atoms with van der Waals surface area (Å²) in [5.41, 5.74) is 5.45. The molecular formula is C18H24Cl2N4O5S. The molecule has 0 saturated carbocycles. The van der Waals surface area contributed by atoms with Crippen molar-refractivity contribution in [1.29, 1.82) is 0 Å². The topological polar surface area (TPSA) is 122 Å². The maximum Gasteiger partial charge on any atom is 0.252 e. The fraction of sp³-hybridized carbons (Fsp3) is 0.556. The van der Waals surface area contributed by atoms with E-state index in [2.05, 4.69) is 5.32 Å². The predicted octanol–water partition coefficient (Wildman–Crippen LogP) is 0.449. The van der Waals surface area contributed by atoms with Crippen molar-refractivity contribution < 1.29 is 22.7 Å². The molecule has 3 rings (SSSR count). The number of halogens is 2. The second-order valence-electron chi connectivity index (χ2n) is 7.07. The molecule has 30 heavy (non-hydrogen) atoms. The first-order chi connectivity index (χ1) is 14.3. The summed E-state index contributed by atoms with van der Waals surface area (Å²) in [5, 5.41) is 3.00. The normalized spacial score (nSPS) is 22.8. The van der Waals surface area contributed by atoms with Crippen LogP contribution in [0.15, 0.2) is 23.1 Å². The van der Waals surface area contributed by atoms with Gasteiger partial charge in [-0.25, -0.2) is 8.42 Å². The molecule has 2 unspecified atom stereocenters. The Morgan fingerprint density at radius 3 is 2.63 bits per heavy atom. The van der Waals surface area contributed by atoms with E-state index in [0.717, 1.165) is 6.42 Å². The number of nitrogens with two attached hydrogens (primary N) is 1. The average Bonchev–Trinajstić information content (AvgIpc) is 3.27. The van der Waals surface area contributed by atoms with Crippen LogP contribution in [0.3, 0.4) is 0 Å². The van der Waals surface area contributed by atoms with Gasteiger partial charge < -0.3 is 20.7 Å². The van der Waals surface area contributed by atoms with Crippen molar-refractivity contribution >= 4 is 45.0 Å². The standard InChI is InChI=1S/C18H24Cl2N4O5S/c19-13-4-3-12(10-14(13)20)30(27,28)23-7-8-24(18(26)16-2-1-9-29-16)15(11-23)17(25)22-6-5-21/h3-4,10,15-16H,1-2,5-9,11,21H2,(H,22,25). The highest BCUT2D eigenvalue weighted by Gasteiger charge is 2.42. The number of benzene rings is 1. The Hall–Kier alpha value is -1.43. The maximum absolute atomic E-state index is 13.1. The van der Waals surface area contributed by atoms with Gasteiger partial charge in [0.15, 0.2) is 0 Å². The van der Waals surface area contributed by atoms with Crippen LogP contribution in [-0.4, -0.2) is 80.9 Å². The van der Waals surface area contributed by atoms with Gasteiger partial charge in [0, 0.05) is 39.3 Å². The fourth-order valence-electron chi connectivity index (χ4n) is 3.52. The number of sulfonamides is 1. The molecule has 12 heteroatoms. The summed E-state index contributed by atoms with van der Waals surface area (Å²) >= 11 is 11.9. The summed E-state index contributed by atoms with van der Waals surface area (Å²) in [4.78, 5) is 27.0. The molecule has 2 aliphatic rings. The number of hydrogen-bond donors (Lipinski definition) is 2. The molecule has 2 aliphatic heterocycles. The zero-order chi connectivity index (χ0) is 21.9. The van der Waals surface area contributed by atoms with Gasteiger partial charge in [0.1, 0.15) is 12.1 Å². The largest absolute Gasteiger partial charge is 0.368 e. The average molecular weight is 479 g/mol. The molecule has 0 bridgehead atoms. The van der Waals surface area contributed by atoms with E-state index in [-0.39, 0.29) is 53.6 Å². The summed E-state index contributed by atoms with van der Waals surface area (Å²) in [6, 6.07) is 3.04. The first-order valence-electron chi connectivity index (χ1n) is 9.60. The number of carbonyl (C=O) groups is 2. The van der Waals surface area contributed by atoms with Crippen LogP contribution in [0.1, 0.15) is 12.8 Å². The van der Waals surface area contributed by atoms with Gasteiger partial charge >= 0.3 is 0 Å². The van der Waals surface area contributed by atoms with Crippen molar-refractivity contribution in [3.8, 4) is 0 Å². The van der Waals surface area contributed by atoms with Gasteiger partial charge in [0.25, 0.3) is 5.91 Å². The van der Waals surface area contributed by atoms with Crippen LogP contribution in [0.5, 0.6) is 0 Å². The van der Waals surface area contributed by atoms with Crippen LogP contribution >= 0.6 is 23.2 Å². The molecule has 2 fully saturated rings. The first-order valence-corrected chi connectivity index (χ1v) is 11.8. The molecule has 2 heterocycles. The summed E-state index contributed by atoms with van der Waals surface area (Å²) in [7, 11) is -3.94. The molecule has 0 aromatic heterocycles. The quantitative estimate of drug-likeness (QED) is 0.611. The molecule has 2 saturated heterocycles. The lowest BCUT2D eigenvalue weighted by atomic mass is 10.1. The molecule has 166 valence electrons. The molecular weight excluding hydrogens is 455 g/mol. The lowest BCUT2D eigenvalue weighted by molar-refractivity contribution is -0.150. The SMILES string of the molecule is NCCNC(=O)C1CN(S(=O)(=O)c2ccc(Cl)c(Cl)c2)CCN1C(=O)C1CCCO1. The van der Waals surface area contributed by atoms with Gasteiger partial charge in [-0.3, -0.25) is 9.59 Å². The van der Waals surface area contributed by atoms with Gasteiger partial charge in [-0.15, -0.1) is 0 Å². The zero-order valence-corrected chi connectivity index (χ0v) is 18.5. The van der Waals surface area contributed by atoms with Crippen LogP contribution in [0.4, 0.5) is 0 Å². The third-order valence-corrected chi connectivity index (χ3v) is 7.71. The lowest BCUT2D eigenvalue weighted by Crippen LogP contribution is -2.63. The highest BCUT2D eigenvalue weighted by atomic mass is 35.5. The number of amides is 2. The minimum Gasteiger partial charge on any atom is -0.368 e. The number of hydrogen-bond acceptors (Lipinski definition) is 6. The van der Waals surface area contributed by atoms with Gasteiger partial charge in [-0.2, -0.15) is 4.31 Å². The van der Waals surface area contributed by atoms with Crippen LogP contribution < -0.4 is 11.1 Å². The van der Waals surface area contributed by atoms with Gasteiger partial charge in [-0.05, 0) is 31.0 Å². The van der Waals surface area contributed by atoms with Crippen molar-refractivity contribution in [2.45, 2.75) is 29.9 Å². The van der Waals surface area contributed by atoms with E-state index in [1.165, 1.54) is 27.4 Å². The number of nitrogens with zero attached hydrogens (tertiary/aromatic N) is 2. The van der Waals surface area contributed by atoms with E-state index in [1.54, 1.807) is 0 Å². The Labute approximate surface area is 185 Å². The van der Waals surface area contributed by atoms with E-state index in [1.807, 2.05) is 0 Å². The Bertz CT molecular complexity index is 908. The second-order valence-corrected chi connectivity index (χ2v) is 9.82. The molecule has 1 aromatic carbocycles. The first kappa shape index (κ1) is 23.2. The Morgan fingerprint density at radius 1 is 1.23 bits per heavy atom. The van der Waals surface area contributed by atoms with Crippen molar-refractivity contribution in [2.75, 3.05) is 39.3 Å². The summed E-state index contributed by atoms with van der Waals surface area (Å²) in [6.07, 6.45) is 0.747. The minimum atomic E-state index is -3.94. The molecule has 2 atom stereocenters. The fourth-order valence-corrected chi connectivity index (χ4v) is 5.35. The Morgan fingerprint density at radius 2 is 2.00 bits per heavy atom. The third-order valence-electron chi connectivity index (χ3n) is 5.11. The summed E-state index contributed by atoms with van der Waals surface area (Å²) < 4.78 is 32.9. The third kappa shape index (κ3) is 4.90. The van der Waals surface area contributed by atoms with Crippen LogP contribution in [0, 0.1) is 0 Å². The second kappa shape index (κ2) is 9.80. The molecule has 0 spiro atoms. The van der Waals surface area contributed by atoms with Crippen LogP contribution in [0.2, 0.25) is 10.0 Å². The van der Waals surface area contributed by atoms with Crippen LogP contribution in [0.25, 0.3) is 0 Å². The van der Waals surface area contributed by atoms with Crippen molar-refractivity contribution in [3.05, 3.63) is 28.2 Å². The lowest BCUT2D eigenvalue weighted by Gasteiger charge is -2.40. The van der Waals surface area contributed by atoms with Crippen molar-refractivity contribution in [1.82, 2.24) is 14.5 Å². The van der Waals surface area contributed by atoms with Crippen LogP contribution in [-0.2, 0) is 24.3 Å². The molecule has 2 amide bonds. The smallest absolute Gasteiger partial charge is 0.252 e. The van der Waals surface area contributed by atoms with Gasteiger partial charge in [-0.1, -0.05) is 23.2 Å². The predicted molar refractivity (Wildman–Crippen MR) is 112 cm³/mol. The Kier molecular flexibility index (Phi) is 7.59. The number of rotatable bonds is 6. The minimum absolute atomic E-state index is 0.0306.